The van der Waals surface area contributed by atoms with Crippen LogP contribution >= 0.6 is 15.9 Å². The van der Waals surface area contributed by atoms with Crippen LogP contribution in [0.25, 0.3) is 11.0 Å². The van der Waals surface area contributed by atoms with Crippen molar-refractivity contribution in [3.05, 3.63) is 34.0 Å². The molecular formula is C15H18BrNO4. The van der Waals surface area contributed by atoms with E-state index in [1.54, 1.807) is 0 Å². The number of aliphatic hydroxyl groups excluding tert-OH is 1. The van der Waals surface area contributed by atoms with Crippen molar-refractivity contribution in [2.75, 3.05) is 26.4 Å². The lowest BCUT2D eigenvalue weighted by Gasteiger charge is -2.04. The van der Waals surface area contributed by atoms with E-state index in [1.165, 1.54) is 0 Å². The van der Waals surface area contributed by atoms with Gasteiger partial charge in [0.2, 0.25) is 0 Å². The molecule has 0 fully saturated rings. The molecule has 0 spiro atoms. The van der Waals surface area contributed by atoms with Gasteiger partial charge < -0.3 is 19.6 Å². The van der Waals surface area contributed by atoms with Gasteiger partial charge in [-0.05, 0) is 31.5 Å². The van der Waals surface area contributed by atoms with Gasteiger partial charge in [0.15, 0.2) is 5.76 Å². The van der Waals surface area contributed by atoms with E-state index in [1.807, 2.05) is 25.1 Å². The second-order valence-corrected chi connectivity index (χ2v) is 5.56. The fourth-order valence-corrected chi connectivity index (χ4v) is 2.39. The Morgan fingerprint density at radius 1 is 1.43 bits per heavy atom. The Hall–Kier alpha value is -1.37. The number of nitrogens with one attached hydrogen (secondary N) is 1. The second-order valence-electron chi connectivity index (χ2n) is 4.64. The molecule has 0 bridgehead atoms. The number of hydrogen-bond acceptors (Lipinski definition) is 4. The van der Waals surface area contributed by atoms with Crippen LogP contribution in [0.2, 0.25) is 0 Å². The minimum atomic E-state index is -0.220. The van der Waals surface area contributed by atoms with Gasteiger partial charge >= 0.3 is 0 Å². The molecule has 1 aromatic heterocycles. The van der Waals surface area contributed by atoms with Crippen molar-refractivity contribution in [3.63, 3.8) is 0 Å². The predicted octanol–water partition coefficient (Wildman–Crippen LogP) is 2.63. The van der Waals surface area contributed by atoms with Crippen molar-refractivity contribution in [3.8, 4) is 0 Å². The summed E-state index contributed by atoms with van der Waals surface area (Å²) in [5.41, 5.74) is 1.53. The zero-order chi connectivity index (χ0) is 15.2. The van der Waals surface area contributed by atoms with Gasteiger partial charge in [-0.2, -0.15) is 0 Å². The topological polar surface area (TPSA) is 71.7 Å². The third kappa shape index (κ3) is 4.06. The summed E-state index contributed by atoms with van der Waals surface area (Å²) < 4.78 is 11.7. The van der Waals surface area contributed by atoms with E-state index in [4.69, 9.17) is 14.3 Å². The molecular weight excluding hydrogens is 338 g/mol. The van der Waals surface area contributed by atoms with Gasteiger partial charge in [-0.25, -0.2) is 0 Å². The molecule has 0 saturated carbocycles. The van der Waals surface area contributed by atoms with Gasteiger partial charge in [0.1, 0.15) is 5.58 Å². The number of halogens is 1. The number of carbonyl (C=O) groups excluding carboxylic acids is 1. The van der Waals surface area contributed by atoms with E-state index in [-0.39, 0.29) is 12.5 Å². The van der Waals surface area contributed by atoms with E-state index in [9.17, 15) is 4.79 Å². The summed E-state index contributed by atoms with van der Waals surface area (Å²) >= 11 is 3.41. The Labute approximate surface area is 131 Å². The summed E-state index contributed by atoms with van der Waals surface area (Å²) in [5, 5.41) is 12.3. The fraction of sp³-hybridized carbons (Fsp3) is 0.400. The van der Waals surface area contributed by atoms with E-state index in [2.05, 4.69) is 21.2 Å². The van der Waals surface area contributed by atoms with Gasteiger partial charge in [0.05, 0.1) is 13.2 Å². The lowest BCUT2D eigenvalue weighted by molar-refractivity contribution is 0.0856. The van der Waals surface area contributed by atoms with Crippen molar-refractivity contribution in [2.24, 2.45) is 0 Å². The zero-order valence-corrected chi connectivity index (χ0v) is 13.4. The standard InChI is InChI=1S/C15H18BrNO4/c1-10-12-9-11(16)3-4-13(12)21-14(10)15(19)17-5-2-7-20-8-6-18/h3-4,9,18H,2,5-8H2,1H3,(H,17,19). The number of hydrogen-bond donors (Lipinski definition) is 2. The van der Waals surface area contributed by atoms with Gasteiger partial charge in [0.25, 0.3) is 5.91 Å². The number of ether oxygens (including phenoxy) is 1. The van der Waals surface area contributed by atoms with Crippen molar-refractivity contribution < 1.29 is 19.1 Å². The van der Waals surface area contributed by atoms with Crippen molar-refractivity contribution in [1.82, 2.24) is 5.32 Å². The molecule has 0 radical (unpaired) electrons. The van der Waals surface area contributed by atoms with Crippen LogP contribution in [-0.2, 0) is 4.74 Å². The molecule has 2 N–H and O–H groups in total. The highest BCUT2D eigenvalue weighted by Gasteiger charge is 2.17. The number of aryl methyl sites for hydroxylation is 1. The van der Waals surface area contributed by atoms with Gasteiger partial charge in [-0.3, -0.25) is 4.79 Å². The second kappa shape index (κ2) is 7.59. The molecule has 6 heteroatoms. The minimum Gasteiger partial charge on any atom is -0.451 e. The van der Waals surface area contributed by atoms with E-state index >= 15 is 0 Å². The van der Waals surface area contributed by atoms with E-state index < -0.39 is 0 Å². The van der Waals surface area contributed by atoms with Crippen LogP contribution in [0.5, 0.6) is 0 Å². The fourth-order valence-electron chi connectivity index (χ4n) is 2.03. The first kappa shape index (κ1) is 16.0. The molecule has 0 aliphatic rings. The maximum Gasteiger partial charge on any atom is 0.287 e. The summed E-state index contributed by atoms with van der Waals surface area (Å²) in [6.45, 7) is 3.22. The lowest BCUT2D eigenvalue weighted by Crippen LogP contribution is -2.25. The lowest BCUT2D eigenvalue weighted by atomic mass is 10.1. The molecule has 0 saturated heterocycles. The Kier molecular flexibility index (Phi) is 5.78. The Bertz CT molecular complexity index is 623. The summed E-state index contributed by atoms with van der Waals surface area (Å²) in [6, 6.07) is 5.66. The van der Waals surface area contributed by atoms with E-state index in [0.717, 1.165) is 15.4 Å². The number of aliphatic hydroxyl groups is 1. The van der Waals surface area contributed by atoms with Gasteiger partial charge in [-0.1, -0.05) is 15.9 Å². The summed E-state index contributed by atoms with van der Waals surface area (Å²) in [6.07, 6.45) is 0.691. The Morgan fingerprint density at radius 2 is 2.24 bits per heavy atom. The number of fused-ring (bicyclic) bond motifs is 1. The van der Waals surface area contributed by atoms with Crippen LogP contribution in [0.1, 0.15) is 22.5 Å². The molecule has 2 aromatic rings. The molecule has 1 aromatic carbocycles. The molecule has 1 amide bonds. The zero-order valence-electron chi connectivity index (χ0n) is 11.8. The van der Waals surface area contributed by atoms with Crippen molar-refractivity contribution in [1.29, 1.82) is 0 Å². The first-order valence-electron chi connectivity index (χ1n) is 6.79. The van der Waals surface area contributed by atoms with Crippen LogP contribution in [-0.4, -0.2) is 37.4 Å². The number of carbonyl (C=O) groups is 1. The molecule has 0 aliphatic heterocycles. The molecule has 21 heavy (non-hydrogen) atoms. The van der Waals surface area contributed by atoms with Gasteiger partial charge in [-0.15, -0.1) is 0 Å². The van der Waals surface area contributed by atoms with Crippen LogP contribution in [0.4, 0.5) is 0 Å². The SMILES string of the molecule is Cc1c(C(=O)NCCCOCCO)oc2ccc(Br)cc12. The maximum absolute atomic E-state index is 12.1. The number of benzene rings is 1. The number of furan rings is 1. The van der Waals surface area contributed by atoms with Crippen LogP contribution in [0.15, 0.2) is 27.1 Å². The molecule has 1 heterocycles. The first-order valence-corrected chi connectivity index (χ1v) is 7.58. The van der Waals surface area contributed by atoms with Gasteiger partial charge in [0, 0.05) is 28.6 Å². The third-order valence-electron chi connectivity index (χ3n) is 3.09. The highest BCUT2D eigenvalue weighted by atomic mass is 79.9. The Balaban J connectivity index is 1.95. The largest absolute Gasteiger partial charge is 0.451 e. The summed E-state index contributed by atoms with van der Waals surface area (Å²) in [4.78, 5) is 12.1. The van der Waals surface area contributed by atoms with Crippen LogP contribution < -0.4 is 5.32 Å². The molecule has 0 aliphatic carbocycles. The summed E-state index contributed by atoms with van der Waals surface area (Å²) in [7, 11) is 0. The van der Waals surface area contributed by atoms with Crippen LogP contribution in [0.3, 0.4) is 0 Å². The van der Waals surface area contributed by atoms with E-state index in [0.29, 0.717) is 37.5 Å². The third-order valence-corrected chi connectivity index (χ3v) is 3.58. The maximum atomic E-state index is 12.1. The first-order chi connectivity index (χ1) is 10.1. The predicted molar refractivity (Wildman–Crippen MR) is 83.5 cm³/mol. The minimum absolute atomic E-state index is 0.0140. The molecule has 0 atom stereocenters. The van der Waals surface area contributed by atoms with Crippen molar-refractivity contribution >= 4 is 32.8 Å². The number of rotatable bonds is 7. The number of amides is 1. The highest BCUT2D eigenvalue weighted by molar-refractivity contribution is 9.10. The molecule has 2 rings (SSSR count). The molecule has 5 nitrogen and oxygen atoms in total. The molecule has 114 valence electrons. The monoisotopic (exact) mass is 355 g/mol. The molecule has 0 unspecified atom stereocenters. The van der Waals surface area contributed by atoms with Crippen LogP contribution in [0, 0.1) is 6.92 Å². The average molecular weight is 356 g/mol. The normalized spacial score (nSPS) is 11.0. The smallest absolute Gasteiger partial charge is 0.287 e. The Morgan fingerprint density at radius 3 is 3.00 bits per heavy atom. The highest BCUT2D eigenvalue weighted by Crippen LogP contribution is 2.27. The summed E-state index contributed by atoms with van der Waals surface area (Å²) in [5.74, 6) is 0.126. The van der Waals surface area contributed by atoms with Crippen molar-refractivity contribution in [2.45, 2.75) is 13.3 Å². The quantitative estimate of drug-likeness (QED) is 0.749. The average Bonchev–Trinajstić information content (AvgIpc) is 2.79.